The van der Waals surface area contributed by atoms with Gasteiger partial charge in [0.15, 0.2) is 12.4 Å². The number of aryl methyl sites for hydroxylation is 1. The van der Waals surface area contributed by atoms with E-state index in [0.717, 1.165) is 16.7 Å². The molecule has 0 radical (unpaired) electrons. The van der Waals surface area contributed by atoms with Gasteiger partial charge in [-0.25, -0.2) is 5.43 Å². The molecular formula is C19H17N3O3. The fourth-order valence-corrected chi connectivity index (χ4v) is 2.21. The molecule has 0 aliphatic heterocycles. The summed E-state index contributed by atoms with van der Waals surface area (Å²) < 4.78 is 10.8. The van der Waals surface area contributed by atoms with Crippen molar-refractivity contribution >= 4 is 12.1 Å². The normalized spacial score (nSPS) is 10.8. The van der Waals surface area contributed by atoms with Crippen LogP contribution in [0.4, 0.5) is 0 Å². The molecule has 0 fully saturated rings. The summed E-state index contributed by atoms with van der Waals surface area (Å²) in [6, 6.07) is 16.9. The molecule has 0 spiro atoms. The molecule has 6 heteroatoms. The summed E-state index contributed by atoms with van der Waals surface area (Å²) >= 11 is 0. The Balaban J connectivity index is 1.60. The van der Waals surface area contributed by atoms with Crippen LogP contribution in [-0.4, -0.2) is 23.9 Å². The van der Waals surface area contributed by atoms with Crippen molar-refractivity contribution in [1.29, 1.82) is 0 Å². The highest BCUT2D eigenvalue weighted by Crippen LogP contribution is 2.30. The molecule has 3 aromatic rings. The smallest absolute Gasteiger partial charge is 0.277 e. The van der Waals surface area contributed by atoms with Gasteiger partial charge in [-0.1, -0.05) is 47.1 Å². The Morgan fingerprint density at radius 1 is 1.24 bits per heavy atom. The number of hydrogen-bond acceptors (Lipinski definition) is 5. The van der Waals surface area contributed by atoms with Gasteiger partial charge in [-0.05, 0) is 24.6 Å². The number of nitrogens with zero attached hydrogens (tertiary/aromatic N) is 2. The van der Waals surface area contributed by atoms with E-state index in [4.69, 9.17) is 9.26 Å². The molecule has 1 amide bonds. The number of carbonyl (C=O) groups excluding carboxylic acids is 1. The second kappa shape index (κ2) is 7.92. The molecule has 0 aliphatic rings. The average molecular weight is 335 g/mol. The SMILES string of the molecule is Cc1ccc(OCC(=O)N/N=C/c2ccccc2)c(-c2ccno2)c1. The van der Waals surface area contributed by atoms with E-state index in [1.165, 1.54) is 0 Å². The topological polar surface area (TPSA) is 76.7 Å². The number of hydrazone groups is 1. The fourth-order valence-electron chi connectivity index (χ4n) is 2.21. The highest BCUT2D eigenvalue weighted by Gasteiger charge is 2.11. The van der Waals surface area contributed by atoms with Crippen LogP contribution in [0.1, 0.15) is 11.1 Å². The van der Waals surface area contributed by atoms with Crippen LogP contribution < -0.4 is 10.2 Å². The maximum absolute atomic E-state index is 11.9. The van der Waals surface area contributed by atoms with Crippen LogP contribution in [0.5, 0.6) is 5.75 Å². The molecule has 2 aromatic carbocycles. The molecular weight excluding hydrogens is 318 g/mol. The molecule has 0 saturated carbocycles. The zero-order valence-electron chi connectivity index (χ0n) is 13.7. The highest BCUT2D eigenvalue weighted by molar-refractivity contribution is 5.83. The lowest BCUT2D eigenvalue weighted by Crippen LogP contribution is -2.24. The molecule has 0 unspecified atom stereocenters. The summed E-state index contributed by atoms with van der Waals surface area (Å²) in [7, 11) is 0. The van der Waals surface area contributed by atoms with Gasteiger partial charge in [0.1, 0.15) is 5.75 Å². The zero-order chi connectivity index (χ0) is 17.5. The number of hydrogen-bond donors (Lipinski definition) is 1. The molecule has 1 N–H and O–H groups in total. The third kappa shape index (κ3) is 4.54. The van der Waals surface area contributed by atoms with Crippen LogP contribution in [0.25, 0.3) is 11.3 Å². The first-order valence-corrected chi connectivity index (χ1v) is 7.74. The molecule has 25 heavy (non-hydrogen) atoms. The van der Waals surface area contributed by atoms with Gasteiger partial charge in [-0.2, -0.15) is 5.10 Å². The maximum Gasteiger partial charge on any atom is 0.277 e. The van der Waals surface area contributed by atoms with Crippen molar-refractivity contribution in [2.24, 2.45) is 5.10 Å². The van der Waals surface area contributed by atoms with Crippen LogP contribution in [0.15, 0.2) is 70.4 Å². The van der Waals surface area contributed by atoms with E-state index >= 15 is 0 Å². The standard InChI is InChI=1S/C19H17N3O3/c1-14-7-8-17(16(11-14)18-9-10-21-25-18)24-13-19(23)22-20-12-15-5-3-2-4-6-15/h2-12H,13H2,1H3,(H,22,23)/b20-12+. The predicted molar refractivity (Wildman–Crippen MR) is 94.3 cm³/mol. The predicted octanol–water partition coefficient (Wildman–Crippen LogP) is 3.18. The average Bonchev–Trinajstić information content (AvgIpc) is 3.16. The van der Waals surface area contributed by atoms with E-state index in [-0.39, 0.29) is 12.5 Å². The number of amides is 1. The largest absolute Gasteiger partial charge is 0.483 e. The Morgan fingerprint density at radius 2 is 2.08 bits per heavy atom. The van der Waals surface area contributed by atoms with Gasteiger partial charge in [0.2, 0.25) is 0 Å². The first-order valence-electron chi connectivity index (χ1n) is 7.74. The fraction of sp³-hybridized carbons (Fsp3) is 0.105. The molecule has 0 atom stereocenters. The van der Waals surface area contributed by atoms with Gasteiger partial charge < -0.3 is 9.26 Å². The quantitative estimate of drug-likeness (QED) is 0.554. The maximum atomic E-state index is 11.9. The number of carbonyl (C=O) groups is 1. The number of ether oxygens (including phenoxy) is 1. The number of benzene rings is 2. The lowest BCUT2D eigenvalue weighted by Gasteiger charge is -2.09. The van der Waals surface area contributed by atoms with Crippen molar-refractivity contribution < 1.29 is 14.1 Å². The van der Waals surface area contributed by atoms with Gasteiger partial charge >= 0.3 is 0 Å². The zero-order valence-corrected chi connectivity index (χ0v) is 13.7. The Bertz CT molecular complexity index is 859. The van der Waals surface area contributed by atoms with Crippen molar-refractivity contribution in [3.8, 4) is 17.1 Å². The lowest BCUT2D eigenvalue weighted by atomic mass is 10.1. The Morgan fingerprint density at radius 3 is 2.84 bits per heavy atom. The first kappa shape index (κ1) is 16.4. The van der Waals surface area contributed by atoms with Crippen LogP contribution in [0, 0.1) is 6.92 Å². The molecule has 6 nitrogen and oxygen atoms in total. The number of aromatic nitrogens is 1. The molecule has 126 valence electrons. The highest BCUT2D eigenvalue weighted by atomic mass is 16.5. The minimum Gasteiger partial charge on any atom is -0.483 e. The Labute approximate surface area is 145 Å². The van der Waals surface area contributed by atoms with E-state index in [1.807, 2.05) is 49.4 Å². The third-order valence-electron chi connectivity index (χ3n) is 3.40. The summed E-state index contributed by atoms with van der Waals surface area (Å²) in [5.41, 5.74) is 5.13. The van der Waals surface area contributed by atoms with Gasteiger partial charge in [-0.3, -0.25) is 4.79 Å². The molecule has 0 saturated heterocycles. The lowest BCUT2D eigenvalue weighted by molar-refractivity contribution is -0.123. The van der Waals surface area contributed by atoms with Crippen molar-refractivity contribution in [2.45, 2.75) is 6.92 Å². The van der Waals surface area contributed by atoms with Gasteiger partial charge in [0.25, 0.3) is 5.91 Å². The summed E-state index contributed by atoms with van der Waals surface area (Å²) in [5, 5.41) is 7.61. The van der Waals surface area contributed by atoms with Crippen molar-refractivity contribution in [3.05, 3.63) is 71.9 Å². The van der Waals surface area contributed by atoms with Gasteiger partial charge in [0.05, 0.1) is 18.0 Å². The van der Waals surface area contributed by atoms with Crippen molar-refractivity contribution in [2.75, 3.05) is 6.61 Å². The number of nitrogens with one attached hydrogen (secondary N) is 1. The van der Waals surface area contributed by atoms with Gasteiger partial charge in [-0.15, -0.1) is 0 Å². The van der Waals surface area contributed by atoms with E-state index in [9.17, 15) is 4.79 Å². The van der Waals surface area contributed by atoms with Crippen LogP contribution in [0.2, 0.25) is 0 Å². The summed E-state index contributed by atoms with van der Waals surface area (Å²) in [5.74, 6) is 0.780. The van der Waals surface area contributed by atoms with E-state index in [0.29, 0.717) is 11.5 Å². The summed E-state index contributed by atoms with van der Waals surface area (Å²) in [6.07, 6.45) is 3.14. The van der Waals surface area contributed by atoms with Crippen molar-refractivity contribution in [1.82, 2.24) is 10.6 Å². The second-order valence-corrected chi connectivity index (χ2v) is 5.37. The molecule has 0 bridgehead atoms. The molecule has 1 aromatic heterocycles. The van der Waals surface area contributed by atoms with Crippen LogP contribution >= 0.6 is 0 Å². The van der Waals surface area contributed by atoms with Crippen molar-refractivity contribution in [3.63, 3.8) is 0 Å². The summed E-state index contributed by atoms with van der Waals surface area (Å²) in [6.45, 7) is 1.81. The van der Waals surface area contributed by atoms with Crippen LogP contribution in [-0.2, 0) is 4.79 Å². The molecule has 1 heterocycles. The van der Waals surface area contributed by atoms with E-state index in [2.05, 4.69) is 15.7 Å². The monoisotopic (exact) mass is 335 g/mol. The number of rotatable bonds is 6. The molecule has 0 aliphatic carbocycles. The second-order valence-electron chi connectivity index (χ2n) is 5.37. The van der Waals surface area contributed by atoms with E-state index < -0.39 is 0 Å². The first-order chi connectivity index (χ1) is 12.2. The van der Waals surface area contributed by atoms with Gasteiger partial charge in [0, 0.05) is 6.07 Å². The van der Waals surface area contributed by atoms with Crippen LogP contribution in [0.3, 0.4) is 0 Å². The minimum absolute atomic E-state index is 0.156. The minimum atomic E-state index is -0.351. The Hall–Kier alpha value is -3.41. The summed E-state index contributed by atoms with van der Waals surface area (Å²) in [4.78, 5) is 11.9. The van der Waals surface area contributed by atoms with E-state index in [1.54, 1.807) is 24.5 Å². The Kier molecular flexibility index (Phi) is 5.21. The molecule has 3 rings (SSSR count). The third-order valence-corrected chi connectivity index (χ3v) is 3.40.